The highest BCUT2D eigenvalue weighted by atomic mass is 16.5. The van der Waals surface area contributed by atoms with Crippen LogP contribution in [0.4, 0.5) is 0 Å². The fraction of sp³-hybridized carbons (Fsp3) is 0.353. The molecule has 1 aromatic carbocycles. The normalized spacial score (nSPS) is 13.4. The molecule has 0 aliphatic rings. The molecule has 0 radical (unpaired) electrons. The average Bonchev–Trinajstić information content (AvgIpc) is 2.57. The maximum atomic E-state index is 12.6. The number of amides is 1. The van der Waals surface area contributed by atoms with Gasteiger partial charge in [-0.1, -0.05) is 38.5 Å². The number of fused-ring (bicyclic) bond motifs is 1. The summed E-state index contributed by atoms with van der Waals surface area (Å²) in [5.74, 6) is -0.736. The highest BCUT2D eigenvalue weighted by Gasteiger charge is 2.27. The standard InChI is InChI=1S/C17H20N2O3/c1-4-11(2)15(17(21)22-3)19-16(20)13-9-10-18-14-8-6-5-7-12(13)14/h5-11,15H,4H2,1-3H3,(H,19,20)/t11-,15+/m1/s1. The van der Waals surface area contributed by atoms with Gasteiger partial charge in [-0.2, -0.15) is 0 Å². The van der Waals surface area contributed by atoms with E-state index < -0.39 is 12.0 Å². The average molecular weight is 300 g/mol. The summed E-state index contributed by atoms with van der Waals surface area (Å²) in [4.78, 5) is 28.7. The highest BCUT2D eigenvalue weighted by molar-refractivity contribution is 6.07. The van der Waals surface area contributed by atoms with E-state index >= 15 is 0 Å². The molecule has 1 aromatic heterocycles. The Morgan fingerprint density at radius 2 is 2.00 bits per heavy atom. The first-order chi connectivity index (χ1) is 10.6. The quantitative estimate of drug-likeness (QED) is 0.862. The summed E-state index contributed by atoms with van der Waals surface area (Å²) < 4.78 is 4.79. The fourth-order valence-electron chi connectivity index (χ4n) is 2.31. The van der Waals surface area contributed by atoms with Gasteiger partial charge in [0.25, 0.3) is 5.91 Å². The van der Waals surface area contributed by atoms with Crippen molar-refractivity contribution in [3.63, 3.8) is 0 Å². The molecule has 22 heavy (non-hydrogen) atoms. The summed E-state index contributed by atoms with van der Waals surface area (Å²) >= 11 is 0. The largest absolute Gasteiger partial charge is 0.467 e. The Kier molecular flexibility index (Phi) is 5.09. The molecule has 1 heterocycles. The van der Waals surface area contributed by atoms with Gasteiger partial charge in [-0.25, -0.2) is 4.79 Å². The molecule has 0 saturated carbocycles. The number of hydrogen-bond acceptors (Lipinski definition) is 4. The number of methoxy groups -OCH3 is 1. The fourth-order valence-corrected chi connectivity index (χ4v) is 2.31. The van der Waals surface area contributed by atoms with Crippen molar-refractivity contribution in [1.82, 2.24) is 10.3 Å². The van der Waals surface area contributed by atoms with E-state index in [1.165, 1.54) is 7.11 Å². The third-order valence-electron chi connectivity index (χ3n) is 3.85. The summed E-state index contributed by atoms with van der Waals surface area (Å²) in [6, 6.07) is 8.41. The second-order valence-electron chi connectivity index (χ2n) is 5.24. The summed E-state index contributed by atoms with van der Waals surface area (Å²) in [5, 5.41) is 3.55. The van der Waals surface area contributed by atoms with Gasteiger partial charge < -0.3 is 10.1 Å². The minimum atomic E-state index is -0.658. The Morgan fingerprint density at radius 3 is 2.68 bits per heavy atom. The molecule has 1 amide bonds. The van der Waals surface area contributed by atoms with Crippen LogP contribution in [-0.4, -0.2) is 30.0 Å². The van der Waals surface area contributed by atoms with Gasteiger partial charge in [0.2, 0.25) is 0 Å². The minimum Gasteiger partial charge on any atom is -0.467 e. The number of rotatable bonds is 5. The molecule has 0 fully saturated rings. The number of benzene rings is 1. The van der Waals surface area contributed by atoms with E-state index in [2.05, 4.69) is 10.3 Å². The Hall–Kier alpha value is -2.43. The lowest BCUT2D eigenvalue weighted by molar-refractivity contribution is -0.144. The van der Waals surface area contributed by atoms with Crippen LogP contribution in [0.2, 0.25) is 0 Å². The molecule has 5 nitrogen and oxygen atoms in total. The van der Waals surface area contributed by atoms with E-state index in [-0.39, 0.29) is 11.8 Å². The third-order valence-corrected chi connectivity index (χ3v) is 3.85. The maximum absolute atomic E-state index is 12.6. The summed E-state index contributed by atoms with van der Waals surface area (Å²) in [5.41, 5.74) is 1.25. The van der Waals surface area contributed by atoms with Gasteiger partial charge in [0.1, 0.15) is 6.04 Å². The predicted octanol–water partition coefficient (Wildman–Crippen LogP) is 2.55. The van der Waals surface area contributed by atoms with Crippen molar-refractivity contribution < 1.29 is 14.3 Å². The van der Waals surface area contributed by atoms with E-state index in [9.17, 15) is 9.59 Å². The summed E-state index contributed by atoms with van der Waals surface area (Å²) in [6.45, 7) is 3.88. The van der Waals surface area contributed by atoms with Crippen LogP contribution in [0.5, 0.6) is 0 Å². The van der Waals surface area contributed by atoms with E-state index in [0.29, 0.717) is 5.56 Å². The Bertz CT molecular complexity index is 679. The lowest BCUT2D eigenvalue weighted by Gasteiger charge is -2.22. The topological polar surface area (TPSA) is 68.3 Å². The van der Waals surface area contributed by atoms with Crippen molar-refractivity contribution in [1.29, 1.82) is 0 Å². The zero-order valence-corrected chi connectivity index (χ0v) is 13.0. The predicted molar refractivity (Wildman–Crippen MR) is 84.5 cm³/mol. The van der Waals surface area contributed by atoms with Crippen LogP contribution >= 0.6 is 0 Å². The molecule has 0 bridgehead atoms. The molecule has 116 valence electrons. The number of nitrogens with one attached hydrogen (secondary N) is 1. The van der Waals surface area contributed by atoms with Gasteiger partial charge in [0.05, 0.1) is 18.2 Å². The zero-order valence-electron chi connectivity index (χ0n) is 13.0. The third kappa shape index (κ3) is 3.24. The minimum absolute atomic E-state index is 0.00972. The SMILES string of the molecule is CC[C@@H](C)[C@H](NC(=O)c1ccnc2ccccc12)C(=O)OC. The summed E-state index contributed by atoms with van der Waals surface area (Å²) in [6.07, 6.45) is 2.35. The number of carbonyl (C=O) groups is 2. The second-order valence-corrected chi connectivity index (χ2v) is 5.24. The van der Waals surface area contributed by atoms with Gasteiger partial charge in [-0.05, 0) is 18.1 Å². The van der Waals surface area contributed by atoms with Crippen LogP contribution < -0.4 is 5.32 Å². The number of hydrogen-bond donors (Lipinski definition) is 1. The number of aromatic nitrogens is 1. The van der Waals surface area contributed by atoms with E-state index in [1.807, 2.05) is 38.1 Å². The van der Waals surface area contributed by atoms with Crippen LogP contribution in [0.3, 0.4) is 0 Å². The van der Waals surface area contributed by atoms with Gasteiger partial charge in [-0.15, -0.1) is 0 Å². The van der Waals surface area contributed by atoms with Crippen molar-refractivity contribution in [3.05, 3.63) is 42.1 Å². The Labute approximate surface area is 129 Å². The van der Waals surface area contributed by atoms with Crippen LogP contribution in [0.15, 0.2) is 36.5 Å². The van der Waals surface area contributed by atoms with Crippen molar-refractivity contribution in [3.8, 4) is 0 Å². The second kappa shape index (κ2) is 7.02. The molecule has 0 aliphatic heterocycles. The smallest absolute Gasteiger partial charge is 0.328 e. The molecular formula is C17H20N2O3. The number of carbonyl (C=O) groups excluding carboxylic acids is 2. The molecule has 2 rings (SSSR count). The summed E-state index contributed by atoms with van der Waals surface area (Å²) in [7, 11) is 1.33. The molecule has 0 spiro atoms. The number of ether oxygens (including phenoxy) is 1. The first-order valence-electron chi connectivity index (χ1n) is 7.31. The van der Waals surface area contributed by atoms with E-state index in [0.717, 1.165) is 17.3 Å². The van der Waals surface area contributed by atoms with Gasteiger partial charge in [0.15, 0.2) is 0 Å². The lowest BCUT2D eigenvalue weighted by atomic mass is 9.98. The molecule has 0 saturated heterocycles. The molecule has 5 heteroatoms. The van der Waals surface area contributed by atoms with Crippen molar-refractivity contribution in [2.75, 3.05) is 7.11 Å². The molecule has 2 aromatic rings. The monoisotopic (exact) mass is 300 g/mol. The van der Waals surface area contributed by atoms with Crippen molar-refractivity contribution in [2.24, 2.45) is 5.92 Å². The van der Waals surface area contributed by atoms with Crippen molar-refractivity contribution >= 4 is 22.8 Å². The molecule has 0 unspecified atom stereocenters. The zero-order chi connectivity index (χ0) is 16.1. The highest BCUT2D eigenvalue weighted by Crippen LogP contribution is 2.17. The first kappa shape index (κ1) is 15.9. The van der Waals surface area contributed by atoms with Gasteiger partial charge in [0, 0.05) is 11.6 Å². The Balaban J connectivity index is 2.31. The maximum Gasteiger partial charge on any atom is 0.328 e. The van der Waals surface area contributed by atoms with Gasteiger partial charge in [-0.3, -0.25) is 9.78 Å². The molecule has 1 N–H and O–H groups in total. The van der Waals surface area contributed by atoms with Gasteiger partial charge >= 0.3 is 5.97 Å². The first-order valence-corrected chi connectivity index (χ1v) is 7.31. The van der Waals surface area contributed by atoms with Crippen LogP contribution in [0.1, 0.15) is 30.6 Å². The van der Waals surface area contributed by atoms with E-state index in [1.54, 1.807) is 12.3 Å². The Morgan fingerprint density at radius 1 is 1.27 bits per heavy atom. The van der Waals surface area contributed by atoms with Crippen LogP contribution in [-0.2, 0) is 9.53 Å². The molecule has 2 atom stereocenters. The van der Waals surface area contributed by atoms with E-state index in [4.69, 9.17) is 4.74 Å². The number of esters is 1. The van der Waals surface area contributed by atoms with Crippen LogP contribution in [0.25, 0.3) is 10.9 Å². The molecule has 0 aliphatic carbocycles. The number of pyridine rings is 1. The number of nitrogens with zero attached hydrogens (tertiary/aromatic N) is 1. The van der Waals surface area contributed by atoms with Crippen molar-refractivity contribution in [2.45, 2.75) is 26.3 Å². The molecular weight excluding hydrogens is 280 g/mol. The lowest BCUT2D eigenvalue weighted by Crippen LogP contribution is -2.45. The number of para-hydroxylation sites is 1. The van der Waals surface area contributed by atoms with Crippen LogP contribution in [0, 0.1) is 5.92 Å².